The molecule has 122 valence electrons. The van der Waals surface area contributed by atoms with Gasteiger partial charge in [-0.25, -0.2) is 0 Å². The SMILES string of the molecule is O=[N+]([O-])c1cc(N[C@@H]2OC(CO)[C@H](O)C(O)C2O)ccc1Cl. The number of hydrogen-bond acceptors (Lipinski definition) is 8. The molecule has 0 spiro atoms. The second-order valence-corrected chi connectivity index (χ2v) is 5.22. The lowest BCUT2D eigenvalue weighted by Crippen LogP contribution is -2.60. The molecule has 10 heteroatoms. The topological polar surface area (TPSA) is 145 Å². The number of ether oxygens (including phenoxy) is 1. The highest BCUT2D eigenvalue weighted by molar-refractivity contribution is 6.32. The summed E-state index contributed by atoms with van der Waals surface area (Å²) in [4.78, 5) is 10.2. The summed E-state index contributed by atoms with van der Waals surface area (Å²) in [7, 11) is 0. The molecule has 0 radical (unpaired) electrons. The van der Waals surface area contributed by atoms with Gasteiger partial charge in [-0.1, -0.05) is 11.6 Å². The van der Waals surface area contributed by atoms with Crippen molar-refractivity contribution in [3.8, 4) is 0 Å². The number of aliphatic hydroxyl groups excluding tert-OH is 4. The molecule has 0 aromatic heterocycles. The van der Waals surface area contributed by atoms with E-state index in [1.54, 1.807) is 0 Å². The van der Waals surface area contributed by atoms with Crippen molar-refractivity contribution in [3.63, 3.8) is 0 Å². The normalized spacial score (nSPS) is 31.8. The van der Waals surface area contributed by atoms with Gasteiger partial charge in [0.25, 0.3) is 5.69 Å². The van der Waals surface area contributed by atoms with Crippen molar-refractivity contribution in [2.24, 2.45) is 0 Å². The van der Waals surface area contributed by atoms with Crippen LogP contribution in [-0.4, -0.2) is 62.6 Å². The molecular weight excluding hydrogens is 320 g/mol. The average Bonchev–Trinajstić information content (AvgIpc) is 2.49. The van der Waals surface area contributed by atoms with Gasteiger partial charge in [0.1, 0.15) is 29.4 Å². The molecule has 5 atom stereocenters. The highest BCUT2D eigenvalue weighted by Gasteiger charge is 2.43. The molecule has 1 heterocycles. The van der Waals surface area contributed by atoms with Gasteiger partial charge in [-0.15, -0.1) is 0 Å². The summed E-state index contributed by atoms with van der Waals surface area (Å²) in [6.45, 7) is -0.566. The van der Waals surface area contributed by atoms with Crippen LogP contribution in [0.3, 0.4) is 0 Å². The van der Waals surface area contributed by atoms with Crippen LogP contribution in [0.2, 0.25) is 5.02 Å². The average molecular weight is 335 g/mol. The molecule has 1 aliphatic rings. The summed E-state index contributed by atoms with van der Waals surface area (Å²) in [5, 5.41) is 51.7. The van der Waals surface area contributed by atoms with Crippen LogP contribution in [0.1, 0.15) is 0 Å². The number of nitrogens with zero attached hydrogens (tertiary/aromatic N) is 1. The van der Waals surface area contributed by atoms with Crippen molar-refractivity contribution in [3.05, 3.63) is 33.3 Å². The first-order valence-corrected chi connectivity index (χ1v) is 6.74. The Hall–Kier alpha value is -1.49. The first-order chi connectivity index (χ1) is 10.3. The van der Waals surface area contributed by atoms with E-state index in [1.807, 2.05) is 0 Å². The van der Waals surface area contributed by atoms with E-state index >= 15 is 0 Å². The van der Waals surface area contributed by atoms with Gasteiger partial charge in [0.15, 0.2) is 6.23 Å². The van der Waals surface area contributed by atoms with E-state index in [2.05, 4.69) is 5.32 Å². The number of aliphatic hydroxyl groups is 4. The van der Waals surface area contributed by atoms with Gasteiger partial charge in [-0.2, -0.15) is 0 Å². The summed E-state index contributed by atoms with van der Waals surface area (Å²) in [5.74, 6) is 0. The zero-order chi connectivity index (χ0) is 16.4. The van der Waals surface area contributed by atoms with E-state index in [0.29, 0.717) is 0 Å². The Morgan fingerprint density at radius 1 is 1.27 bits per heavy atom. The fourth-order valence-corrected chi connectivity index (χ4v) is 2.31. The number of hydrogen-bond donors (Lipinski definition) is 5. The van der Waals surface area contributed by atoms with Crippen LogP contribution in [-0.2, 0) is 4.74 Å². The van der Waals surface area contributed by atoms with Crippen molar-refractivity contribution >= 4 is 23.0 Å². The molecule has 1 aromatic rings. The monoisotopic (exact) mass is 334 g/mol. The third-order valence-electron chi connectivity index (χ3n) is 3.34. The number of halogens is 1. The first kappa shape index (κ1) is 16.9. The molecule has 1 aliphatic heterocycles. The molecule has 1 aromatic carbocycles. The standard InChI is InChI=1S/C12H15ClN2O7/c13-6-2-1-5(3-7(6)15(20)21)14-12-11(19)10(18)9(17)8(4-16)22-12/h1-3,8-12,14,16-19H,4H2/t8?,9-,10?,11?,12+/m0/s1. The largest absolute Gasteiger partial charge is 0.394 e. The van der Waals surface area contributed by atoms with E-state index in [0.717, 1.165) is 6.07 Å². The fraction of sp³-hybridized carbons (Fsp3) is 0.500. The van der Waals surface area contributed by atoms with E-state index < -0.39 is 42.2 Å². The molecule has 0 aliphatic carbocycles. The molecule has 1 fully saturated rings. The molecule has 2 rings (SSSR count). The zero-order valence-electron chi connectivity index (χ0n) is 11.2. The summed E-state index contributed by atoms with van der Waals surface area (Å²) >= 11 is 5.69. The van der Waals surface area contributed by atoms with Crippen LogP contribution in [0.15, 0.2) is 18.2 Å². The molecule has 9 nitrogen and oxygen atoms in total. The summed E-state index contributed by atoms with van der Waals surface area (Å²) in [6.07, 6.45) is -6.75. The predicted octanol–water partition coefficient (Wildman–Crippen LogP) is -0.540. The van der Waals surface area contributed by atoms with Crippen molar-refractivity contribution in [2.45, 2.75) is 30.6 Å². The molecule has 1 saturated heterocycles. The van der Waals surface area contributed by atoms with Gasteiger partial charge in [-0.05, 0) is 12.1 Å². The third-order valence-corrected chi connectivity index (χ3v) is 3.66. The van der Waals surface area contributed by atoms with Crippen LogP contribution < -0.4 is 5.32 Å². The Balaban J connectivity index is 2.19. The van der Waals surface area contributed by atoms with Crippen molar-refractivity contribution < 1.29 is 30.1 Å². The third kappa shape index (κ3) is 3.29. The zero-order valence-corrected chi connectivity index (χ0v) is 11.9. The van der Waals surface area contributed by atoms with Crippen LogP contribution >= 0.6 is 11.6 Å². The number of nitrogens with one attached hydrogen (secondary N) is 1. The summed E-state index contributed by atoms with van der Waals surface area (Å²) in [6, 6.07) is 3.87. The number of benzene rings is 1. The fourth-order valence-electron chi connectivity index (χ4n) is 2.13. The quantitative estimate of drug-likeness (QED) is 0.364. The molecule has 3 unspecified atom stereocenters. The maximum absolute atomic E-state index is 10.8. The van der Waals surface area contributed by atoms with Crippen molar-refractivity contribution in [1.82, 2.24) is 0 Å². The minimum Gasteiger partial charge on any atom is -0.394 e. The smallest absolute Gasteiger partial charge is 0.289 e. The van der Waals surface area contributed by atoms with Crippen LogP contribution in [0, 0.1) is 10.1 Å². The maximum Gasteiger partial charge on any atom is 0.289 e. The number of anilines is 1. The lowest BCUT2D eigenvalue weighted by Gasteiger charge is -2.40. The molecule has 0 bridgehead atoms. The Labute approximate surface area is 129 Å². The van der Waals surface area contributed by atoms with Crippen molar-refractivity contribution in [2.75, 3.05) is 11.9 Å². The van der Waals surface area contributed by atoms with Crippen LogP contribution in [0.4, 0.5) is 11.4 Å². The van der Waals surface area contributed by atoms with Crippen LogP contribution in [0.5, 0.6) is 0 Å². The number of rotatable bonds is 4. The molecule has 0 amide bonds. The van der Waals surface area contributed by atoms with E-state index in [4.69, 9.17) is 21.4 Å². The maximum atomic E-state index is 10.8. The molecule has 0 saturated carbocycles. The van der Waals surface area contributed by atoms with Gasteiger partial charge >= 0.3 is 0 Å². The highest BCUT2D eigenvalue weighted by Crippen LogP contribution is 2.29. The minimum absolute atomic E-state index is 0.0515. The Bertz CT molecular complexity index is 556. The van der Waals surface area contributed by atoms with Gasteiger partial charge in [0.05, 0.1) is 11.5 Å². The first-order valence-electron chi connectivity index (χ1n) is 6.36. The van der Waals surface area contributed by atoms with Gasteiger partial charge in [0, 0.05) is 11.8 Å². The van der Waals surface area contributed by atoms with E-state index in [-0.39, 0.29) is 16.4 Å². The van der Waals surface area contributed by atoms with Gasteiger partial charge in [-0.3, -0.25) is 10.1 Å². The Morgan fingerprint density at radius 3 is 2.55 bits per heavy atom. The number of nitro groups is 1. The van der Waals surface area contributed by atoms with Gasteiger partial charge in [0.2, 0.25) is 0 Å². The molecular formula is C12H15ClN2O7. The number of nitro benzene ring substituents is 1. The summed E-state index contributed by atoms with van der Waals surface area (Å²) < 4.78 is 5.24. The second-order valence-electron chi connectivity index (χ2n) is 4.82. The molecule has 5 N–H and O–H groups in total. The van der Waals surface area contributed by atoms with Crippen LogP contribution in [0.25, 0.3) is 0 Å². The highest BCUT2D eigenvalue weighted by atomic mass is 35.5. The van der Waals surface area contributed by atoms with Gasteiger partial charge < -0.3 is 30.5 Å². The predicted molar refractivity (Wildman–Crippen MR) is 75.5 cm³/mol. The molecule has 22 heavy (non-hydrogen) atoms. The minimum atomic E-state index is -1.54. The van der Waals surface area contributed by atoms with E-state index in [1.165, 1.54) is 12.1 Å². The summed E-state index contributed by atoms with van der Waals surface area (Å²) in [5.41, 5.74) is -0.114. The van der Waals surface area contributed by atoms with E-state index in [9.17, 15) is 25.4 Å². The Kier molecular flexibility index (Phi) is 5.16. The Morgan fingerprint density at radius 2 is 1.95 bits per heavy atom. The lowest BCUT2D eigenvalue weighted by atomic mass is 9.98. The lowest BCUT2D eigenvalue weighted by molar-refractivity contribution is -0.384. The second kappa shape index (κ2) is 6.73. The van der Waals surface area contributed by atoms with Crippen molar-refractivity contribution in [1.29, 1.82) is 0 Å².